The van der Waals surface area contributed by atoms with Gasteiger partial charge in [0, 0.05) is 32.0 Å². The van der Waals surface area contributed by atoms with Crippen LogP contribution in [0.1, 0.15) is 31.7 Å². The molecule has 4 heteroatoms. The SMILES string of the molecule is CCOC(=O)[C@@]12CCC(=O)[C@@H](CN(Cc3ccccc3)C1)C2. The third kappa shape index (κ3) is 2.93. The molecule has 118 valence electrons. The van der Waals surface area contributed by atoms with Crippen molar-refractivity contribution in [1.82, 2.24) is 4.90 Å². The molecule has 0 unspecified atom stereocenters. The fourth-order valence-electron chi connectivity index (χ4n) is 3.86. The van der Waals surface area contributed by atoms with Gasteiger partial charge in [0.1, 0.15) is 5.78 Å². The number of nitrogens with zero attached hydrogens (tertiary/aromatic N) is 1. The molecule has 0 N–H and O–H groups in total. The number of ketones is 1. The van der Waals surface area contributed by atoms with Gasteiger partial charge in [-0.05, 0) is 25.3 Å². The van der Waals surface area contributed by atoms with Gasteiger partial charge in [0.15, 0.2) is 0 Å². The lowest BCUT2D eigenvalue weighted by molar-refractivity contribution is -0.165. The van der Waals surface area contributed by atoms with Gasteiger partial charge in [-0.2, -0.15) is 0 Å². The topological polar surface area (TPSA) is 46.6 Å². The van der Waals surface area contributed by atoms with E-state index < -0.39 is 5.41 Å². The zero-order valence-corrected chi connectivity index (χ0v) is 13.1. The van der Waals surface area contributed by atoms with Crippen molar-refractivity contribution in [2.24, 2.45) is 11.3 Å². The van der Waals surface area contributed by atoms with E-state index >= 15 is 0 Å². The molecule has 0 spiro atoms. The van der Waals surface area contributed by atoms with Crippen molar-refractivity contribution < 1.29 is 14.3 Å². The molecule has 1 aromatic carbocycles. The third-order valence-electron chi connectivity index (χ3n) is 4.90. The minimum Gasteiger partial charge on any atom is -0.466 e. The highest BCUT2D eigenvalue weighted by Gasteiger charge is 2.51. The quantitative estimate of drug-likeness (QED) is 0.801. The predicted molar refractivity (Wildman–Crippen MR) is 83.1 cm³/mol. The van der Waals surface area contributed by atoms with Gasteiger partial charge in [0.25, 0.3) is 0 Å². The van der Waals surface area contributed by atoms with E-state index in [1.807, 2.05) is 25.1 Å². The van der Waals surface area contributed by atoms with E-state index in [1.54, 1.807) is 0 Å². The minimum absolute atomic E-state index is 0.0179. The van der Waals surface area contributed by atoms with Gasteiger partial charge in [-0.15, -0.1) is 0 Å². The highest BCUT2D eigenvalue weighted by atomic mass is 16.5. The maximum Gasteiger partial charge on any atom is 0.313 e. The largest absolute Gasteiger partial charge is 0.466 e. The van der Waals surface area contributed by atoms with Crippen molar-refractivity contribution in [3.8, 4) is 0 Å². The molecule has 1 heterocycles. The van der Waals surface area contributed by atoms with Crippen LogP contribution in [0.5, 0.6) is 0 Å². The number of carbonyl (C=O) groups excluding carboxylic acids is 2. The Morgan fingerprint density at radius 1 is 1.36 bits per heavy atom. The van der Waals surface area contributed by atoms with Crippen molar-refractivity contribution in [3.63, 3.8) is 0 Å². The molecule has 4 nitrogen and oxygen atoms in total. The lowest BCUT2D eigenvalue weighted by atomic mass is 9.66. The summed E-state index contributed by atoms with van der Waals surface area (Å²) >= 11 is 0. The summed E-state index contributed by atoms with van der Waals surface area (Å²) < 4.78 is 5.31. The first-order chi connectivity index (χ1) is 10.6. The first-order valence-electron chi connectivity index (χ1n) is 8.09. The highest BCUT2D eigenvalue weighted by molar-refractivity contribution is 5.87. The van der Waals surface area contributed by atoms with Gasteiger partial charge in [-0.3, -0.25) is 14.5 Å². The zero-order chi connectivity index (χ0) is 15.6. The smallest absolute Gasteiger partial charge is 0.313 e. The van der Waals surface area contributed by atoms with Gasteiger partial charge in [0.05, 0.1) is 12.0 Å². The molecule has 3 rings (SSSR count). The minimum atomic E-state index is -0.485. The molecular formula is C18H23NO3. The summed E-state index contributed by atoms with van der Waals surface area (Å²) in [4.78, 5) is 26.9. The van der Waals surface area contributed by atoms with Crippen molar-refractivity contribution >= 4 is 11.8 Å². The van der Waals surface area contributed by atoms with E-state index in [-0.39, 0.29) is 11.9 Å². The Kier molecular flexibility index (Phi) is 4.30. The standard InChI is InChI=1S/C18H23NO3/c1-2-22-17(21)18-9-8-16(20)15(10-18)12-19(13-18)11-14-6-4-3-5-7-14/h3-7,15H,2,8-13H2,1H3/t15-,18-/m1/s1. The second kappa shape index (κ2) is 6.21. The fraction of sp³-hybridized carbons (Fsp3) is 0.556. The van der Waals surface area contributed by atoms with E-state index in [0.29, 0.717) is 38.2 Å². The average Bonchev–Trinajstić information content (AvgIpc) is 2.52. The maximum atomic E-state index is 12.5. The van der Waals surface area contributed by atoms with Crippen LogP contribution < -0.4 is 0 Å². The van der Waals surface area contributed by atoms with Gasteiger partial charge < -0.3 is 4.74 Å². The maximum absolute atomic E-state index is 12.5. The second-order valence-corrected chi connectivity index (χ2v) is 6.52. The molecule has 22 heavy (non-hydrogen) atoms. The molecule has 2 aliphatic rings. The molecule has 0 radical (unpaired) electrons. The molecule has 0 amide bonds. The number of hydrogen-bond acceptors (Lipinski definition) is 4. The van der Waals surface area contributed by atoms with Crippen LogP contribution in [0, 0.1) is 11.3 Å². The Bertz CT molecular complexity index is 557. The summed E-state index contributed by atoms with van der Waals surface area (Å²) in [7, 11) is 0. The number of fused-ring (bicyclic) bond motifs is 2. The monoisotopic (exact) mass is 301 g/mol. The van der Waals surface area contributed by atoms with Crippen molar-refractivity contribution in [1.29, 1.82) is 0 Å². The number of Topliss-reactive ketones (excluding diaryl/α,β-unsaturated/α-hetero) is 1. The highest BCUT2D eigenvalue weighted by Crippen LogP contribution is 2.43. The lowest BCUT2D eigenvalue weighted by Crippen LogP contribution is -2.55. The third-order valence-corrected chi connectivity index (χ3v) is 4.90. The number of benzene rings is 1. The molecule has 2 fully saturated rings. The molecule has 1 aromatic rings. The molecular weight excluding hydrogens is 278 g/mol. The lowest BCUT2D eigenvalue weighted by Gasteiger charge is -2.47. The first kappa shape index (κ1) is 15.2. The molecule has 1 aliphatic carbocycles. The summed E-state index contributed by atoms with van der Waals surface area (Å²) in [5, 5.41) is 0. The van der Waals surface area contributed by atoms with E-state index in [9.17, 15) is 9.59 Å². The van der Waals surface area contributed by atoms with E-state index in [0.717, 1.165) is 13.1 Å². The fourth-order valence-corrected chi connectivity index (χ4v) is 3.86. The van der Waals surface area contributed by atoms with Crippen LogP contribution in [0.15, 0.2) is 30.3 Å². The van der Waals surface area contributed by atoms with Crippen molar-refractivity contribution in [3.05, 3.63) is 35.9 Å². The summed E-state index contributed by atoms with van der Waals surface area (Å²) in [5.41, 5.74) is 0.732. The normalized spacial score (nSPS) is 28.4. The molecule has 0 aromatic heterocycles. The Hall–Kier alpha value is -1.68. The summed E-state index contributed by atoms with van der Waals surface area (Å²) in [5.74, 6) is 0.165. The first-order valence-corrected chi connectivity index (χ1v) is 8.09. The van der Waals surface area contributed by atoms with E-state index in [1.165, 1.54) is 5.56 Å². The van der Waals surface area contributed by atoms with Crippen LogP contribution in [0.2, 0.25) is 0 Å². The van der Waals surface area contributed by atoms with Crippen LogP contribution in [0.25, 0.3) is 0 Å². The van der Waals surface area contributed by atoms with Gasteiger partial charge in [-0.25, -0.2) is 0 Å². The number of hydrogen-bond donors (Lipinski definition) is 0. The summed E-state index contributed by atoms with van der Waals surface area (Å²) in [6.07, 6.45) is 1.81. The van der Waals surface area contributed by atoms with E-state index in [4.69, 9.17) is 4.74 Å². The summed E-state index contributed by atoms with van der Waals surface area (Å²) in [6.45, 7) is 4.48. The Morgan fingerprint density at radius 2 is 2.14 bits per heavy atom. The number of rotatable bonds is 4. The van der Waals surface area contributed by atoms with Crippen molar-refractivity contribution in [2.75, 3.05) is 19.7 Å². The van der Waals surface area contributed by atoms with Crippen molar-refractivity contribution in [2.45, 2.75) is 32.7 Å². The van der Waals surface area contributed by atoms with Gasteiger partial charge in [-0.1, -0.05) is 30.3 Å². The zero-order valence-electron chi connectivity index (χ0n) is 13.1. The Balaban J connectivity index is 1.79. The number of ether oxygens (including phenoxy) is 1. The average molecular weight is 301 g/mol. The molecule has 1 aliphatic heterocycles. The molecule has 1 saturated carbocycles. The van der Waals surface area contributed by atoms with Crippen LogP contribution >= 0.6 is 0 Å². The van der Waals surface area contributed by atoms with Gasteiger partial charge in [0.2, 0.25) is 0 Å². The number of carbonyl (C=O) groups is 2. The molecule has 1 saturated heterocycles. The van der Waals surface area contributed by atoms with Crippen LogP contribution in [-0.2, 0) is 20.9 Å². The van der Waals surface area contributed by atoms with Gasteiger partial charge >= 0.3 is 5.97 Å². The predicted octanol–water partition coefficient (Wildman–Crippen LogP) is 2.42. The summed E-state index contributed by atoms with van der Waals surface area (Å²) in [6, 6.07) is 10.2. The van der Waals surface area contributed by atoms with Crippen LogP contribution in [0.3, 0.4) is 0 Å². The number of esters is 1. The Morgan fingerprint density at radius 3 is 2.86 bits per heavy atom. The van der Waals surface area contributed by atoms with E-state index in [2.05, 4.69) is 17.0 Å². The Labute approximate surface area is 131 Å². The van der Waals surface area contributed by atoms with Crippen LogP contribution in [-0.4, -0.2) is 36.3 Å². The molecule has 2 bridgehead atoms. The van der Waals surface area contributed by atoms with Crippen LogP contribution in [0.4, 0.5) is 0 Å². The number of likely N-dealkylation sites (tertiary alicyclic amines) is 1. The second-order valence-electron chi connectivity index (χ2n) is 6.52. The molecule has 2 atom stereocenters. The number of piperidine rings is 1.